The molecule has 22 heavy (non-hydrogen) atoms. The molecule has 6 nitrogen and oxygen atoms in total. The quantitative estimate of drug-likeness (QED) is 0.878. The maximum absolute atomic E-state index is 13.2. The molecule has 0 bridgehead atoms. The Morgan fingerprint density at radius 3 is 2.64 bits per heavy atom. The van der Waals surface area contributed by atoms with Gasteiger partial charge >= 0.3 is 5.76 Å². The van der Waals surface area contributed by atoms with Crippen LogP contribution in [0.15, 0.2) is 33.5 Å². The number of nitrogens with two attached hydrogens (primary N) is 1. The highest BCUT2D eigenvalue weighted by Crippen LogP contribution is 2.36. The van der Waals surface area contributed by atoms with Crippen molar-refractivity contribution in [2.75, 3.05) is 5.84 Å². The lowest BCUT2D eigenvalue weighted by molar-refractivity contribution is -0.0581. The van der Waals surface area contributed by atoms with Crippen LogP contribution < -0.4 is 16.3 Å². The monoisotopic (exact) mass is 311 g/mol. The standard InChI is InChI=1S/C14H15F2N3O3/c15-14(16)7-5-9(6-8-14)21-11-4-2-1-3-10(11)12-18-19(17)13(20)22-12/h1-4,9H,5-8,17H2. The Morgan fingerprint density at radius 2 is 2.00 bits per heavy atom. The van der Waals surface area contributed by atoms with E-state index < -0.39 is 11.7 Å². The molecule has 118 valence electrons. The van der Waals surface area contributed by atoms with Crippen LogP contribution in [0.25, 0.3) is 11.5 Å². The zero-order valence-corrected chi connectivity index (χ0v) is 11.7. The van der Waals surface area contributed by atoms with Crippen LogP contribution in [0.5, 0.6) is 5.75 Å². The molecule has 1 saturated carbocycles. The van der Waals surface area contributed by atoms with Gasteiger partial charge in [-0.3, -0.25) is 0 Å². The van der Waals surface area contributed by atoms with Gasteiger partial charge in [0, 0.05) is 12.8 Å². The van der Waals surface area contributed by atoms with Gasteiger partial charge in [0.25, 0.3) is 5.89 Å². The van der Waals surface area contributed by atoms with Crippen molar-refractivity contribution < 1.29 is 17.9 Å². The van der Waals surface area contributed by atoms with Crippen LogP contribution in [0.3, 0.4) is 0 Å². The smallest absolute Gasteiger partial charge is 0.456 e. The molecule has 0 amide bonds. The molecule has 3 rings (SSSR count). The Balaban J connectivity index is 1.82. The molecule has 1 heterocycles. The second kappa shape index (κ2) is 5.43. The summed E-state index contributed by atoms with van der Waals surface area (Å²) in [6, 6.07) is 6.82. The largest absolute Gasteiger partial charge is 0.490 e. The summed E-state index contributed by atoms with van der Waals surface area (Å²) >= 11 is 0. The zero-order valence-electron chi connectivity index (χ0n) is 11.7. The van der Waals surface area contributed by atoms with Gasteiger partial charge in [-0.1, -0.05) is 12.1 Å². The number of benzene rings is 1. The van der Waals surface area contributed by atoms with Crippen molar-refractivity contribution in [2.24, 2.45) is 0 Å². The number of rotatable bonds is 3. The lowest BCUT2D eigenvalue weighted by atomic mass is 9.94. The van der Waals surface area contributed by atoms with Gasteiger partial charge in [-0.2, -0.15) is 0 Å². The first kappa shape index (κ1) is 14.6. The molecule has 2 aromatic rings. The number of ether oxygens (including phenoxy) is 1. The highest BCUT2D eigenvalue weighted by atomic mass is 19.3. The molecule has 0 atom stereocenters. The van der Waals surface area contributed by atoms with Gasteiger partial charge in [-0.25, -0.2) is 13.6 Å². The Morgan fingerprint density at radius 1 is 1.32 bits per heavy atom. The van der Waals surface area contributed by atoms with E-state index in [1.165, 1.54) is 0 Å². The highest BCUT2D eigenvalue weighted by molar-refractivity contribution is 5.62. The Kier molecular flexibility index (Phi) is 3.59. The third-order valence-corrected chi connectivity index (χ3v) is 3.64. The van der Waals surface area contributed by atoms with Gasteiger partial charge < -0.3 is 15.0 Å². The van der Waals surface area contributed by atoms with E-state index in [-0.39, 0.29) is 37.7 Å². The van der Waals surface area contributed by atoms with Gasteiger partial charge in [0.15, 0.2) is 0 Å². The Hall–Kier alpha value is -2.38. The first-order valence-corrected chi connectivity index (χ1v) is 6.94. The molecular weight excluding hydrogens is 296 g/mol. The summed E-state index contributed by atoms with van der Waals surface area (Å²) in [6.45, 7) is 0. The molecule has 1 aliphatic carbocycles. The van der Waals surface area contributed by atoms with Crippen molar-refractivity contribution in [3.8, 4) is 17.2 Å². The fourth-order valence-corrected chi connectivity index (χ4v) is 2.45. The van der Waals surface area contributed by atoms with Crippen LogP contribution in [0.1, 0.15) is 25.7 Å². The zero-order chi connectivity index (χ0) is 15.7. The third kappa shape index (κ3) is 2.95. The van der Waals surface area contributed by atoms with E-state index in [0.717, 1.165) is 0 Å². The first-order chi connectivity index (χ1) is 10.4. The van der Waals surface area contributed by atoms with E-state index in [9.17, 15) is 13.6 Å². The van der Waals surface area contributed by atoms with Crippen molar-refractivity contribution in [1.29, 1.82) is 0 Å². The number of nitrogen functional groups attached to an aromatic ring is 1. The van der Waals surface area contributed by atoms with Crippen molar-refractivity contribution in [3.63, 3.8) is 0 Å². The summed E-state index contributed by atoms with van der Waals surface area (Å²) < 4.78 is 37.1. The van der Waals surface area contributed by atoms with Gasteiger partial charge in [-0.05, 0) is 25.0 Å². The molecule has 0 saturated heterocycles. The Bertz CT molecular complexity index is 716. The maximum Gasteiger partial charge on any atom is 0.456 e. The Labute approximate surface area is 124 Å². The van der Waals surface area contributed by atoms with Crippen molar-refractivity contribution in [1.82, 2.24) is 9.89 Å². The summed E-state index contributed by atoms with van der Waals surface area (Å²) in [4.78, 5) is 11.9. The lowest BCUT2D eigenvalue weighted by Gasteiger charge is -2.29. The van der Waals surface area contributed by atoms with Crippen molar-refractivity contribution >= 4 is 0 Å². The van der Waals surface area contributed by atoms with E-state index in [4.69, 9.17) is 15.0 Å². The van der Waals surface area contributed by atoms with Gasteiger partial charge in [0.1, 0.15) is 5.75 Å². The summed E-state index contributed by atoms with van der Waals surface area (Å²) in [5, 5.41) is 3.77. The SMILES string of the molecule is Nn1nc(-c2ccccc2OC2CCC(F)(F)CC2)oc1=O. The molecule has 0 aliphatic heterocycles. The van der Waals surface area contributed by atoms with Crippen LogP contribution in [0.2, 0.25) is 0 Å². The number of hydrogen-bond donors (Lipinski definition) is 1. The van der Waals surface area contributed by atoms with Crippen molar-refractivity contribution in [3.05, 3.63) is 34.8 Å². The molecule has 1 aliphatic rings. The number of aromatic nitrogens is 2. The molecule has 8 heteroatoms. The predicted octanol–water partition coefficient (Wildman–Crippen LogP) is 2.17. The van der Waals surface area contributed by atoms with Crippen molar-refractivity contribution in [2.45, 2.75) is 37.7 Å². The summed E-state index contributed by atoms with van der Waals surface area (Å²) in [5.74, 6) is 2.38. The predicted molar refractivity (Wildman–Crippen MR) is 74.2 cm³/mol. The molecule has 1 aromatic carbocycles. The summed E-state index contributed by atoms with van der Waals surface area (Å²) in [7, 11) is 0. The van der Waals surface area contributed by atoms with E-state index in [1.807, 2.05) is 0 Å². The fourth-order valence-electron chi connectivity index (χ4n) is 2.45. The third-order valence-electron chi connectivity index (χ3n) is 3.64. The van der Waals surface area contributed by atoms with Crippen LogP contribution in [0.4, 0.5) is 8.78 Å². The molecular formula is C14H15F2N3O3. The van der Waals surface area contributed by atoms with Crippen LogP contribution in [-0.2, 0) is 0 Å². The van der Waals surface area contributed by atoms with Crippen LogP contribution in [0, 0.1) is 0 Å². The minimum absolute atomic E-state index is 0.0317. The number of hydrogen-bond acceptors (Lipinski definition) is 5. The number of nitrogens with zero attached hydrogens (tertiary/aromatic N) is 2. The maximum atomic E-state index is 13.2. The topological polar surface area (TPSA) is 83.3 Å². The molecule has 0 radical (unpaired) electrons. The second-order valence-electron chi connectivity index (χ2n) is 5.29. The van der Waals surface area contributed by atoms with Crippen LogP contribution >= 0.6 is 0 Å². The van der Waals surface area contributed by atoms with Gasteiger partial charge in [-0.15, -0.1) is 9.89 Å². The van der Waals surface area contributed by atoms with E-state index in [2.05, 4.69) is 5.10 Å². The molecule has 2 N–H and O–H groups in total. The average Bonchev–Trinajstić information content (AvgIpc) is 2.81. The van der Waals surface area contributed by atoms with Crippen LogP contribution in [-0.4, -0.2) is 21.9 Å². The van der Waals surface area contributed by atoms with E-state index >= 15 is 0 Å². The molecule has 1 fully saturated rings. The van der Waals surface area contributed by atoms with Gasteiger partial charge in [0.2, 0.25) is 5.92 Å². The minimum Gasteiger partial charge on any atom is -0.490 e. The van der Waals surface area contributed by atoms with E-state index in [1.54, 1.807) is 24.3 Å². The average molecular weight is 311 g/mol. The minimum atomic E-state index is -2.61. The number of halogens is 2. The second-order valence-corrected chi connectivity index (χ2v) is 5.29. The van der Waals surface area contributed by atoms with Gasteiger partial charge in [0.05, 0.1) is 11.7 Å². The summed E-state index contributed by atoms with van der Waals surface area (Å²) in [5.41, 5.74) is 0.459. The summed E-state index contributed by atoms with van der Waals surface area (Å²) in [6.07, 6.45) is -0.126. The normalized spacial score (nSPS) is 18.3. The molecule has 0 spiro atoms. The highest BCUT2D eigenvalue weighted by Gasteiger charge is 2.36. The first-order valence-electron chi connectivity index (χ1n) is 6.94. The molecule has 0 unspecified atom stereocenters. The lowest BCUT2D eigenvalue weighted by Crippen LogP contribution is -2.30. The number of alkyl halides is 2. The molecule has 1 aromatic heterocycles. The van der Waals surface area contributed by atoms with E-state index in [0.29, 0.717) is 16.1 Å². The number of para-hydroxylation sites is 1. The fraction of sp³-hybridized carbons (Fsp3) is 0.429.